The Bertz CT molecular complexity index is 284. The molecule has 2 rings (SSSR count). The van der Waals surface area contributed by atoms with Crippen LogP contribution in [0.25, 0.3) is 0 Å². The van der Waals surface area contributed by atoms with Crippen LogP contribution in [-0.2, 0) is 4.74 Å². The average molecular weight is 225 g/mol. The summed E-state index contributed by atoms with van der Waals surface area (Å²) >= 11 is 0. The number of guanidine groups is 1. The monoisotopic (exact) mass is 225 g/mol. The van der Waals surface area contributed by atoms with Crippen LogP contribution in [0.3, 0.4) is 0 Å². The zero-order chi connectivity index (χ0) is 11.8. The van der Waals surface area contributed by atoms with Crippen LogP contribution < -0.4 is 5.73 Å². The van der Waals surface area contributed by atoms with Crippen molar-refractivity contribution < 1.29 is 4.74 Å². The molecule has 2 aliphatic rings. The Balaban J connectivity index is 2.02. The zero-order valence-electron chi connectivity index (χ0n) is 10.6. The van der Waals surface area contributed by atoms with Crippen molar-refractivity contribution in [1.82, 2.24) is 4.90 Å². The Morgan fingerprint density at radius 1 is 1.56 bits per heavy atom. The SMILES string of the molecule is CCOC1CC2(CN=C(N)N2C(C)CC)C1. The molecule has 1 saturated carbocycles. The van der Waals surface area contributed by atoms with E-state index in [-0.39, 0.29) is 5.54 Å². The zero-order valence-corrected chi connectivity index (χ0v) is 10.6. The van der Waals surface area contributed by atoms with E-state index in [0.29, 0.717) is 12.1 Å². The van der Waals surface area contributed by atoms with Crippen LogP contribution in [0.1, 0.15) is 40.0 Å². The van der Waals surface area contributed by atoms with Gasteiger partial charge in [0.05, 0.1) is 18.2 Å². The van der Waals surface area contributed by atoms with E-state index < -0.39 is 0 Å². The Morgan fingerprint density at radius 3 is 2.81 bits per heavy atom. The molecule has 0 radical (unpaired) electrons. The first-order valence-corrected chi connectivity index (χ1v) is 6.34. The second kappa shape index (κ2) is 4.24. The maximum absolute atomic E-state index is 6.00. The molecule has 2 N–H and O–H groups in total. The summed E-state index contributed by atoms with van der Waals surface area (Å²) in [7, 11) is 0. The molecule has 0 aromatic heterocycles. The van der Waals surface area contributed by atoms with Crippen LogP contribution in [0.2, 0.25) is 0 Å². The molecular weight excluding hydrogens is 202 g/mol. The van der Waals surface area contributed by atoms with Gasteiger partial charge in [-0.15, -0.1) is 0 Å². The van der Waals surface area contributed by atoms with Crippen molar-refractivity contribution in [1.29, 1.82) is 0 Å². The van der Waals surface area contributed by atoms with Crippen molar-refractivity contribution in [2.75, 3.05) is 13.2 Å². The number of hydrogen-bond acceptors (Lipinski definition) is 4. The molecule has 0 bridgehead atoms. The highest BCUT2D eigenvalue weighted by atomic mass is 16.5. The van der Waals surface area contributed by atoms with Gasteiger partial charge in [-0.2, -0.15) is 0 Å². The lowest BCUT2D eigenvalue weighted by Crippen LogP contribution is -2.63. The second-order valence-corrected chi connectivity index (χ2v) is 5.01. The lowest BCUT2D eigenvalue weighted by atomic mass is 9.72. The topological polar surface area (TPSA) is 50.9 Å². The van der Waals surface area contributed by atoms with Crippen molar-refractivity contribution in [2.24, 2.45) is 10.7 Å². The molecule has 1 fully saturated rings. The second-order valence-electron chi connectivity index (χ2n) is 5.01. The average Bonchev–Trinajstić information content (AvgIpc) is 2.55. The van der Waals surface area contributed by atoms with Gasteiger partial charge in [0.15, 0.2) is 5.96 Å². The van der Waals surface area contributed by atoms with Crippen molar-refractivity contribution in [3.05, 3.63) is 0 Å². The van der Waals surface area contributed by atoms with Crippen molar-refractivity contribution in [3.63, 3.8) is 0 Å². The third-order valence-corrected chi connectivity index (χ3v) is 3.94. The minimum Gasteiger partial charge on any atom is -0.378 e. The first-order chi connectivity index (χ1) is 7.63. The van der Waals surface area contributed by atoms with Crippen molar-refractivity contribution in [2.45, 2.75) is 57.7 Å². The predicted molar refractivity (Wildman–Crippen MR) is 65.5 cm³/mol. The molecule has 4 nitrogen and oxygen atoms in total. The van der Waals surface area contributed by atoms with Crippen LogP contribution in [0.5, 0.6) is 0 Å². The van der Waals surface area contributed by atoms with Gasteiger partial charge < -0.3 is 15.4 Å². The molecular formula is C12H23N3O. The van der Waals surface area contributed by atoms with E-state index in [4.69, 9.17) is 10.5 Å². The van der Waals surface area contributed by atoms with Crippen LogP contribution in [0.15, 0.2) is 4.99 Å². The summed E-state index contributed by atoms with van der Waals surface area (Å²) in [6.07, 6.45) is 3.68. The minimum absolute atomic E-state index is 0.180. The van der Waals surface area contributed by atoms with Crippen LogP contribution in [0, 0.1) is 0 Å². The summed E-state index contributed by atoms with van der Waals surface area (Å²) in [4.78, 5) is 6.74. The maximum atomic E-state index is 6.00. The lowest BCUT2D eigenvalue weighted by molar-refractivity contribution is -0.0809. The largest absolute Gasteiger partial charge is 0.378 e. The summed E-state index contributed by atoms with van der Waals surface area (Å²) in [6, 6.07) is 0.480. The van der Waals surface area contributed by atoms with E-state index in [9.17, 15) is 0 Å². The fourth-order valence-corrected chi connectivity index (χ4v) is 2.97. The summed E-state index contributed by atoms with van der Waals surface area (Å²) in [5.41, 5.74) is 6.17. The smallest absolute Gasteiger partial charge is 0.192 e. The summed E-state index contributed by atoms with van der Waals surface area (Å²) < 4.78 is 5.64. The molecule has 0 aromatic carbocycles. The first-order valence-electron chi connectivity index (χ1n) is 6.34. The summed E-state index contributed by atoms with van der Waals surface area (Å²) in [5, 5.41) is 0. The molecule has 1 aliphatic carbocycles. The summed E-state index contributed by atoms with van der Waals surface area (Å²) in [5.74, 6) is 0.726. The van der Waals surface area contributed by atoms with E-state index in [1.165, 1.54) is 0 Å². The number of nitrogens with two attached hydrogens (primary N) is 1. The maximum Gasteiger partial charge on any atom is 0.192 e. The van der Waals surface area contributed by atoms with Gasteiger partial charge >= 0.3 is 0 Å². The van der Waals surface area contributed by atoms with Gasteiger partial charge in [-0.3, -0.25) is 4.99 Å². The Labute approximate surface area is 97.9 Å². The minimum atomic E-state index is 0.180. The van der Waals surface area contributed by atoms with Crippen LogP contribution in [0.4, 0.5) is 0 Å². The molecule has 1 heterocycles. The number of ether oxygens (including phenoxy) is 1. The van der Waals surface area contributed by atoms with Gasteiger partial charge in [-0.25, -0.2) is 0 Å². The van der Waals surface area contributed by atoms with Gasteiger partial charge in [0.1, 0.15) is 0 Å². The van der Waals surface area contributed by atoms with Crippen LogP contribution >= 0.6 is 0 Å². The van der Waals surface area contributed by atoms with Gasteiger partial charge in [0.2, 0.25) is 0 Å². The molecule has 1 atom stereocenters. The fraction of sp³-hybridized carbons (Fsp3) is 0.917. The number of aliphatic imine (C=N–C) groups is 1. The molecule has 1 spiro atoms. The van der Waals surface area contributed by atoms with Gasteiger partial charge in [-0.05, 0) is 33.1 Å². The van der Waals surface area contributed by atoms with Gasteiger partial charge in [-0.1, -0.05) is 6.92 Å². The highest BCUT2D eigenvalue weighted by molar-refractivity contribution is 5.81. The molecule has 1 aliphatic heterocycles. The standard InChI is InChI=1S/C12H23N3O/c1-4-9(3)15-11(13)14-8-12(15)6-10(7-12)16-5-2/h9-10H,4-8H2,1-3H3,(H2,13,14). The van der Waals surface area contributed by atoms with E-state index in [2.05, 4.69) is 30.7 Å². The predicted octanol–water partition coefficient (Wildman–Crippen LogP) is 1.35. The third-order valence-electron chi connectivity index (χ3n) is 3.94. The quantitative estimate of drug-likeness (QED) is 0.786. The van der Waals surface area contributed by atoms with Crippen molar-refractivity contribution >= 4 is 5.96 Å². The lowest BCUT2D eigenvalue weighted by Gasteiger charge is -2.52. The first kappa shape index (κ1) is 11.7. The molecule has 1 unspecified atom stereocenters. The molecule has 0 aromatic rings. The number of nitrogens with zero attached hydrogens (tertiary/aromatic N) is 2. The van der Waals surface area contributed by atoms with E-state index in [0.717, 1.165) is 38.4 Å². The molecule has 0 amide bonds. The molecule has 92 valence electrons. The highest BCUT2D eigenvalue weighted by Crippen LogP contribution is 2.43. The van der Waals surface area contributed by atoms with Crippen molar-refractivity contribution in [3.8, 4) is 0 Å². The Morgan fingerprint density at radius 2 is 2.25 bits per heavy atom. The van der Waals surface area contributed by atoms with Gasteiger partial charge in [0.25, 0.3) is 0 Å². The van der Waals surface area contributed by atoms with E-state index >= 15 is 0 Å². The normalized spacial score (nSPS) is 35.1. The van der Waals surface area contributed by atoms with Gasteiger partial charge in [0, 0.05) is 12.6 Å². The third kappa shape index (κ3) is 1.69. The highest BCUT2D eigenvalue weighted by Gasteiger charge is 2.53. The van der Waals surface area contributed by atoms with E-state index in [1.807, 2.05) is 0 Å². The Hall–Kier alpha value is -0.770. The molecule has 4 heteroatoms. The van der Waals surface area contributed by atoms with Crippen LogP contribution in [-0.4, -0.2) is 41.7 Å². The number of rotatable bonds is 4. The molecule has 16 heavy (non-hydrogen) atoms. The summed E-state index contributed by atoms with van der Waals surface area (Å²) in [6.45, 7) is 8.14. The number of hydrogen-bond donors (Lipinski definition) is 1. The fourth-order valence-electron chi connectivity index (χ4n) is 2.97. The molecule has 0 saturated heterocycles. The Kier molecular flexibility index (Phi) is 3.10. The van der Waals surface area contributed by atoms with E-state index in [1.54, 1.807) is 0 Å².